The number of ether oxygens (including phenoxy) is 2. The van der Waals surface area contributed by atoms with Crippen molar-refractivity contribution in [1.82, 2.24) is 43.6 Å². The third-order valence-electron chi connectivity index (χ3n) is 11.0. The zero-order chi connectivity index (χ0) is 45.7. The van der Waals surface area contributed by atoms with E-state index in [1.54, 1.807) is 49.7 Å². The third-order valence-corrected chi connectivity index (χ3v) is 11.0. The summed E-state index contributed by atoms with van der Waals surface area (Å²) in [7, 11) is 1.46. The van der Waals surface area contributed by atoms with Crippen LogP contribution in [-0.4, -0.2) is 107 Å². The largest absolute Gasteiger partial charge is 0.494 e. The van der Waals surface area contributed by atoms with Crippen molar-refractivity contribution in [3.8, 4) is 11.5 Å². The molecular formula is C44H54N14O6. The average molecular weight is 875 g/mol. The van der Waals surface area contributed by atoms with Crippen LogP contribution in [0.1, 0.15) is 79.8 Å². The second-order valence-electron chi connectivity index (χ2n) is 15.5. The summed E-state index contributed by atoms with van der Waals surface area (Å²) in [4.78, 5) is 64.2. The highest BCUT2D eigenvalue weighted by atomic mass is 16.5. The molecule has 20 heteroatoms. The van der Waals surface area contributed by atoms with Gasteiger partial charge in [0, 0.05) is 49.9 Å². The van der Waals surface area contributed by atoms with Crippen molar-refractivity contribution in [1.29, 1.82) is 0 Å². The lowest BCUT2D eigenvalue weighted by Crippen LogP contribution is -2.39. The number of aryl methyl sites for hydroxylation is 4. The Hall–Kier alpha value is -7.32. The molecular weight excluding hydrogens is 821 g/mol. The summed E-state index contributed by atoms with van der Waals surface area (Å²) in [6.07, 6.45) is 9.56. The number of likely N-dealkylation sites (tertiary alicyclic amines) is 1. The number of nitrogens with two attached hydrogens (primary N) is 3. The smallest absolute Gasteiger partial charge is 0.276 e. The number of fused-ring (bicyclic) bond motifs is 2. The number of amides is 4. The molecule has 2 aromatic carbocycles. The van der Waals surface area contributed by atoms with Crippen LogP contribution in [0.25, 0.3) is 22.1 Å². The molecule has 1 aliphatic rings. The third kappa shape index (κ3) is 9.67. The molecule has 5 heterocycles. The van der Waals surface area contributed by atoms with Crippen LogP contribution in [0.15, 0.2) is 60.7 Å². The number of methoxy groups -OCH3 is 1. The molecule has 0 aliphatic carbocycles. The average Bonchev–Trinajstić information content (AvgIpc) is 4.04. The number of allylic oxidation sites excluding steroid dienone is 2. The molecule has 7 rings (SSSR count). The quantitative estimate of drug-likeness (QED) is 0.0774. The first-order chi connectivity index (χ1) is 30.8. The summed E-state index contributed by atoms with van der Waals surface area (Å²) < 4.78 is 18.7. The Labute approximate surface area is 369 Å². The van der Waals surface area contributed by atoms with Gasteiger partial charge >= 0.3 is 0 Å². The van der Waals surface area contributed by atoms with Crippen LogP contribution in [-0.2, 0) is 26.2 Å². The summed E-state index contributed by atoms with van der Waals surface area (Å²) in [5.74, 6) is -1.20. The van der Waals surface area contributed by atoms with E-state index in [0.29, 0.717) is 69.4 Å². The molecule has 4 amide bonds. The zero-order valence-corrected chi connectivity index (χ0v) is 36.6. The van der Waals surface area contributed by atoms with E-state index >= 15 is 0 Å². The minimum Gasteiger partial charge on any atom is -0.494 e. The highest BCUT2D eigenvalue weighted by Gasteiger charge is 2.24. The molecule has 0 spiro atoms. The van der Waals surface area contributed by atoms with Gasteiger partial charge in [0.1, 0.15) is 40.5 Å². The lowest BCUT2D eigenvalue weighted by Gasteiger charge is -2.28. The second-order valence-corrected chi connectivity index (χ2v) is 15.5. The Kier molecular flexibility index (Phi) is 13.5. The van der Waals surface area contributed by atoms with Gasteiger partial charge in [0.05, 0.1) is 29.5 Å². The molecule has 8 N–H and O–H groups in total. The summed E-state index contributed by atoms with van der Waals surface area (Å²) in [6, 6.07) is 9.80. The first kappa shape index (κ1) is 44.7. The number of rotatable bonds is 18. The first-order valence-corrected chi connectivity index (χ1v) is 21.1. The summed E-state index contributed by atoms with van der Waals surface area (Å²) in [6.45, 7) is 11.4. The molecule has 0 saturated carbocycles. The van der Waals surface area contributed by atoms with Gasteiger partial charge in [-0.15, -0.1) is 0 Å². The fourth-order valence-corrected chi connectivity index (χ4v) is 7.75. The van der Waals surface area contributed by atoms with Gasteiger partial charge in [-0.2, -0.15) is 10.2 Å². The number of carbonyl (C=O) groups is 4. The normalized spacial score (nSPS) is 13.7. The highest BCUT2D eigenvalue weighted by molar-refractivity contribution is 6.05. The van der Waals surface area contributed by atoms with Gasteiger partial charge in [-0.05, 0) is 90.0 Å². The fraction of sp³-hybridized carbons (Fsp3) is 0.364. The summed E-state index contributed by atoms with van der Waals surface area (Å²) in [5.41, 5.74) is 21.7. The Balaban J connectivity index is 1.24. The molecule has 336 valence electrons. The van der Waals surface area contributed by atoms with E-state index in [-0.39, 0.29) is 48.8 Å². The van der Waals surface area contributed by atoms with Crippen molar-refractivity contribution < 1.29 is 28.7 Å². The summed E-state index contributed by atoms with van der Waals surface area (Å²) in [5, 5.41) is 14.7. The van der Waals surface area contributed by atoms with E-state index in [1.165, 1.54) is 19.2 Å². The van der Waals surface area contributed by atoms with Crippen LogP contribution in [0.4, 0.5) is 11.9 Å². The van der Waals surface area contributed by atoms with Gasteiger partial charge in [0.25, 0.3) is 11.8 Å². The van der Waals surface area contributed by atoms with E-state index in [9.17, 15) is 19.2 Å². The van der Waals surface area contributed by atoms with Crippen LogP contribution in [0.3, 0.4) is 0 Å². The number of aromatic nitrogens is 8. The van der Waals surface area contributed by atoms with Crippen molar-refractivity contribution in [2.45, 2.75) is 72.8 Å². The van der Waals surface area contributed by atoms with E-state index in [4.69, 9.17) is 36.6 Å². The van der Waals surface area contributed by atoms with E-state index in [1.807, 2.05) is 45.1 Å². The van der Waals surface area contributed by atoms with E-state index in [0.717, 1.165) is 32.5 Å². The molecule has 0 bridgehead atoms. The number of carbonyl (C=O) groups excluding carboxylic acids is 4. The van der Waals surface area contributed by atoms with Crippen molar-refractivity contribution in [3.05, 3.63) is 94.6 Å². The van der Waals surface area contributed by atoms with Gasteiger partial charge in [-0.3, -0.25) is 44.1 Å². The van der Waals surface area contributed by atoms with Crippen molar-refractivity contribution >= 4 is 57.6 Å². The molecule has 0 unspecified atom stereocenters. The van der Waals surface area contributed by atoms with Gasteiger partial charge in [-0.25, -0.2) is 9.97 Å². The molecule has 0 radical (unpaired) electrons. The number of nitrogens with one attached hydrogen (secondary N) is 2. The van der Waals surface area contributed by atoms with Crippen LogP contribution >= 0.6 is 0 Å². The first-order valence-electron chi connectivity index (χ1n) is 21.1. The number of piperidine rings is 1. The number of imidazole rings is 2. The van der Waals surface area contributed by atoms with Gasteiger partial charge in [0.2, 0.25) is 23.7 Å². The number of hydrogen-bond donors (Lipinski definition) is 5. The lowest BCUT2D eigenvalue weighted by molar-refractivity contribution is 0.0991. The van der Waals surface area contributed by atoms with Gasteiger partial charge in [0.15, 0.2) is 0 Å². The number of benzene rings is 2. The predicted octanol–water partition coefficient (Wildman–Crippen LogP) is 3.76. The van der Waals surface area contributed by atoms with Crippen molar-refractivity contribution in [3.63, 3.8) is 0 Å². The van der Waals surface area contributed by atoms with E-state index in [2.05, 4.69) is 25.7 Å². The number of anilines is 2. The predicted molar refractivity (Wildman–Crippen MR) is 242 cm³/mol. The number of nitrogens with zero attached hydrogens (tertiary/aromatic N) is 9. The zero-order valence-electron chi connectivity index (χ0n) is 36.6. The topological polar surface area (TPSA) is 263 Å². The maximum Gasteiger partial charge on any atom is 0.276 e. The molecule has 1 saturated heterocycles. The standard InChI is InChI=1S/C44H54N14O6/c1-6-57-33(20-26(3)52-57)41(61)50-43-48-31-22-28(39(46)59)24-35(63-5)37(31)55(43)15-8-9-16-56-38-32(49-44(56)51-42(62)34-21-27(4)53-58(34)7-2)23-29(40(47)60)25-36(38)64-19-11-10-14-54-17-12-30(45)13-18-54/h8-11,20-25,30H,6-7,12-19,45H2,1-5H3,(H2,46,59)(H2,47,60)(H,48,50,61)(H,49,51,62)/b9-8+,11-10-. The number of primary amides is 2. The summed E-state index contributed by atoms with van der Waals surface area (Å²) >= 11 is 0. The maximum atomic E-state index is 13.8. The molecule has 64 heavy (non-hydrogen) atoms. The van der Waals surface area contributed by atoms with Crippen LogP contribution in [0.2, 0.25) is 0 Å². The van der Waals surface area contributed by atoms with Crippen LogP contribution in [0, 0.1) is 13.8 Å². The molecule has 6 aromatic rings. The molecule has 0 atom stereocenters. The maximum absolute atomic E-state index is 13.8. The van der Waals surface area contributed by atoms with Crippen molar-refractivity contribution in [2.24, 2.45) is 17.2 Å². The Morgan fingerprint density at radius 2 is 1.17 bits per heavy atom. The molecule has 4 aromatic heterocycles. The van der Waals surface area contributed by atoms with Crippen LogP contribution < -0.4 is 37.3 Å². The Morgan fingerprint density at radius 3 is 1.64 bits per heavy atom. The van der Waals surface area contributed by atoms with Crippen LogP contribution in [0.5, 0.6) is 11.5 Å². The van der Waals surface area contributed by atoms with Crippen molar-refractivity contribution in [2.75, 3.05) is 44.0 Å². The second kappa shape index (κ2) is 19.4. The Bertz CT molecular complexity index is 2780. The minimum atomic E-state index is -0.670. The van der Waals surface area contributed by atoms with Gasteiger partial charge < -0.3 is 35.8 Å². The Morgan fingerprint density at radius 1 is 0.703 bits per heavy atom. The fourth-order valence-electron chi connectivity index (χ4n) is 7.75. The molecule has 1 aliphatic heterocycles. The monoisotopic (exact) mass is 874 g/mol. The van der Waals surface area contributed by atoms with E-state index < -0.39 is 23.6 Å². The highest BCUT2D eigenvalue weighted by Crippen LogP contribution is 2.33. The molecule has 1 fully saturated rings. The lowest BCUT2D eigenvalue weighted by atomic mass is 10.1. The van der Waals surface area contributed by atoms with Gasteiger partial charge in [-0.1, -0.05) is 24.3 Å². The SMILES string of the molecule is CCn1nc(C)cc1C(=O)Nc1nc2cc(C(N)=O)cc(OC)c2n1C/C=C/Cn1c(NC(=O)c2cc(C)nn2CC)nc2cc(C(N)=O)cc(OC/C=C\CN3CCC(N)CC3)c21. The molecule has 20 nitrogen and oxygen atoms in total. The minimum absolute atomic E-state index is 0.156. The number of hydrogen-bond acceptors (Lipinski definition) is 12.